The van der Waals surface area contributed by atoms with Crippen LogP contribution in [0.2, 0.25) is 0 Å². The highest BCUT2D eigenvalue weighted by Gasteiger charge is 2.43. The zero-order chi connectivity index (χ0) is 23.6. The highest BCUT2D eigenvalue weighted by atomic mass is 16.4. The smallest absolute Gasteiger partial charge is 0.431 e. The summed E-state index contributed by atoms with van der Waals surface area (Å²) in [4.78, 5) is 2.42. The molecule has 0 radical (unpaired) electrons. The molecule has 4 heteroatoms. The van der Waals surface area contributed by atoms with Gasteiger partial charge in [0.25, 0.3) is 0 Å². The first-order chi connectivity index (χ1) is 17.9. The molecule has 1 aromatic heterocycles. The third-order valence-corrected chi connectivity index (χ3v) is 7.40. The Kier molecular flexibility index (Phi) is 4.03. The number of aromatic nitrogens is 1. The van der Waals surface area contributed by atoms with E-state index in [9.17, 15) is 0 Å². The predicted molar refractivity (Wildman–Crippen MR) is 149 cm³/mol. The summed E-state index contributed by atoms with van der Waals surface area (Å²) in [6.45, 7) is -0.176. The number of benzene rings is 5. The maximum Gasteiger partial charge on any atom is 0.431 e. The van der Waals surface area contributed by atoms with Gasteiger partial charge in [-0.25, -0.2) is 0 Å². The number of hydrogen-bond acceptors (Lipinski definition) is 2. The minimum atomic E-state index is -0.176. The Morgan fingerprint density at radius 2 is 1.31 bits per heavy atom. The van der Waals surface area contributed by atoms with Crippen LogP contribution in [0, 0.1) is 0 Å². The lowest BCUT2D eigenvalue weighted by Crippen LogP contribution is -2.56. The topological polar surface area (TPSA) is 17.4 Å². The molecule has 168 valence electrons. The maximum absolute atomic E-state index is 6.79. The highest BCUT2D eigenvalue weighted by Crippen LogP contribution is 2.46. The largest absolute Gasteiger partial charge is 0.551 e. The van der Waals surface area contributed by atoms with E-state index >= 15 is 0 Å². The second-order valence-electron chi connectivity index (χ2n) is 9.37. The lowest BCUT2D eigenvalue weighted by Gasteiger charge is -2.40. The molecular weight excluding hydrogens is 439 g/mol. The number of nitrogens with zero attached hydrogens (tertiary/aromatic N) is 2. The molecule has 5 aromatic carbocycles. The number of hydrogen-bond donors (Lipinski definition) is 0. The van der Waals surface area contributed by atoms with Crippen molar-refractivity contribution in [2.75, 3.05) is 4.90 Å². The number of fused-ring (bicyclic) bond motifs is 6. The number of anilines is 3. The Labute approximate surface area is 209 Å². The van der Waals surface area contributed by atoms with Crippen molar-refractivity contribution in [3.63, 3.8) is 0 Å². The van der Waals surface area contributed by atoms with Crippen LogP contribution in [0.15, 0.2) is 128 Å². The van der Waals surface area contributed by atoms with Crippen molar-refractivity contribution in [2.24, 2.45) is 0 Å². The second-order valence-corrected chi connectivity index (χ2v) is 9.37. The molecule has 0 aliphatic carbocycles. The molecule has 3 nitrogen and oxygen atoms in total. The van der Waals surface area contributed by atoms with Crippen molar-refractivity contribution in [1.29, 1.82) is 0 Å². The molecule has 2 aliphatic heterocycles. The normalized spacial score (nSPS) is 13.1. The van der Waals surface area contributed by atoms with Gasteiger partial charge in [0.2, 0.25) is 0 Å². The number of para-hydroxylation sites is 4. The summed E-state index contributed by atoms with van der Waals surface area (Å²) in [7, 11) is 0. The minimum Gasteiger partial charge on any atom is -0.551 e. The van der Waals surface area contributed by atoms with Crippen LogP contribution in [-0.4, -0.2) is 11.5 Å². The molecule has 0 fully saturated rings. The van der Waals surface area contributed by atoms with Gasteiger partial charge in [-0.15, -0.1) is 0 Å². The van der Waals surface area contributed by atoms with E-state index in [0.717, 1.165) is 28.4 Å². The third kappa shape index (κ3) is 2.64. The van der Waals surface area contributed by atoms with E-state index in [1.54, 1.807) is 0 Å². The van der Waals surface area contributed by atoms with E-state index in [1.807, 2.05) is 0 Å². The van der Waals surface area contributed by atoms with Crippen molar-refractivity contribution in [3.05, 3.63) is 128 Å². The van der Waals surface area contributed by atoms with Gasteiger partial charge >= 0.3 is 6.92 Å². The molecule has 0 unspecified atom stereocenters. The second kappa shape index (κ2) is 7.40. The fraction of sp³-hybridized carbons (Fsp3) is 0. The first-order valence-corrected chi connectivity index (χ1v) is 12.3. The van der Waals surface area contributed by atoms with Gasteiger partial charge in [0, 0.05) is 39.7 Å². The molecule has 0 N–H and O–H groups in total. The Morgan fingerprint density at radius 3 is 2.14 bits per heavy atom. The molecule has 0 saturated carbocycles. The van der Waals surface area contributed by atoms with E-state index in [0.29, 0.717) is 0 Å². The van der Waals surface area contributed by atoms with Gasteiger partial charge in [0.05, 0.1) is 11.2 Å². The summed E-state index contributed by atoms with van der Waals surface area (Å²) in [5.41, 5.74) is 10.6. The van der Waals surface area contributed by atoms with Crippen LogP contribution < -0.4 is 20.5 Å². The SMILES string of the molecule is c1ccc(N2c3ccccc3B3Oc4ccccc4-c4cc5ccn(-c6ccccc6)c5c2c43)cc1. The lowest BCUT2D eigenvalue weighted by atomic mass is 9.49. The van der Waals surface area contributed by atoms with E-state index in [-0.39, 0.29) is 6.92 Å². The van der Waals surface area contributed by atoms with Crippen molar-refractivity contribution in [2.45, 2.75) is 0 Å². The van der Waals surface area contributed by atoms with Crippen LogP contribution in [0.1, 0.15) is 0 Å². The molecule has 0 amide bonds. The zero-order valence-corrected chi connectivity index (χ0v) is 19.5. The summed E-state index contributed by atoms with van der Waals surface area (Å²) >= 11 is 0. The third-order valence-electron chi connectivity index (χ3n) is 7.40. The highest BCUT2D eigenvalue weighted by molar-refractivity contribution is 6.86. The van der Waals surface area contributed by atoms with Gasteiger partial charge in [0.15, 0.2) is 0 Å². The van der Waals surface area contributed by atoms with Crippen LogP contribution in [0.4, 0.5) is 17.1 Å². The van der Waals surface area contributed by atoms with Crippen LogP contribution in [0.25, 0.3) is 27.7 Å². The van der Waals surface area contributed by atoms with E-state index in [4.69, 9.17) is 4.65 Å². The predicted octanol–water partition coefficient (Wildman–Crippen LogP) is 6.58. The van der Waals surface area contributed by atoms with Crippen molar-refractivity contribution in [1.82, 2.24) is 4.57 Å². The standard InChI is InChI=1S/C32H21BN2O/c1-3-11-23(12-4-1)34-20-19-22-21-26-25-15-7-10-18-29(25)36-33-27-16-8-9-17-28(27)35(24-13-5-2-6-14-24)32(30(26)33)31(22)34/h1-21H. The summed E-state index contributed by atoms with van der Waals surface area (Å²) in [5.74, 6) is 0.936. The van der Waals surface area contributed by atoms with E-state index in [2.05, 4.69) is 137 Å². The summed E-state index contributed by atoms with van der Waals surface area (Å²) in [6, 6.07) is 42.9. The first kappa shape index (κ1) is 19.6. The van der Waals surface area contributed by atoms with Crippen molar-refractivity contribution < 1.29 is 4.65 Å². The number of rotatable bonds is 2. The fourth-order valence-electron chi connectivity index (χ4n) is 5.90. The van der Waals surface area contributed by atoms with Crippen LogP contribution in [0.3, 0.4) is 0 Å². The average Bonchev–Trinajstić information content (AvgIpc) is 3.38. The quantitative estimate of drug-likeness (QED) is 0.272. The molecular formula is C32H21BN2O. The first-order valence-electron chi connectivity index (χ1n) is 12.3. The summed E-state index contributed by atoms with van der Waals surface area (Å²) in [5, 5.41) is 1.21. The van der Waals surface area contributed by atoms with Gasteiger partial charge in [-0.3, -0.25) is 0 Å². The van der Waals surface area contributed by atoms with Gasteiger partial charge in [-0.05, 0) is 59.6 Å². The molecule has 6 aromatic rings. The van der Waals surface area contributed by atoms with E-state index in [1.165, 1.54) is 33.1 Å². The molecule has 0 saturated heterocycles. The molecule has 0 atom stereocenters. The van der Waals surface area contributed by atoms with Gasteiger partial charge < -0.3 is 14.1 Å². The summed E-state index contributed by atoms with van der Waals surface area (Å²) in [6.07, 6.45) is 2.19. The molecule has 36 heavy (non-hydrogen) atoms. The molecule has 0 spiro atoms. The van der Waals surface area contributed by atoms with Crippen molar-refractivity contribution in [3.8, 4) is 22.6 Å². The zero-order valence-electron chi connectivity index (χ0n) is 19.5. The average molecular weight is 460 g/mol. The summed E-state index contributed by atoms with van der Waals surface area (Å²) < 4.78 is 9.10. The Morgan fingerprint density at radius 1 is 0.611 bits per heavy atom. The molecule has 3 heterocycles. The molecule has 8 rings (SSSR count). The van der Waals surface area contributed by atoms with Crippen LogP contribution in [0.5, 0.6) is 5.75 Å². The lowest BCUT2D eigenvalue weighted by molar-refractivity contribution is 0.590. The maximum atomic E-state index is 6.79. The molecule has 2 aliphatic rings. The van der Waals surface area contributed by atoms with Gasteiger partial charge in [-0.1, -0.05) is 72.8 Å². The Bertz CT molecular complexity index is 1780. The van der Waals surface area contributed by atoms with E-state index < -0.39 is 0 Å². The molecule has 0 bridgehead atoms. The van der Waals surface area contributed by atoms with Crippen LogP contribution in [-0.2, 0) is 0 Å². The Hall–Kier alpha value is -4.70. The van der Waals surface area contributed by atoms with Crippen molar-refractivity contribution >= 4 is 45.8 Å². The fourth-order valence-corrected chi connectivity index (χ4v) is 5.90. The van der Waals surface area contributed by atoms with Gasteiger partial charge in [0.1, 0.15) is 5.75 Å². The monoisotopic (exact) mass is 460 g/mol. The van der Waals surface area contributed by atoms with Crippen LogP contribution >= 0.6 is 0 Å². The van der Waals surface area contributed by atoms with Gasteiger partial charge in [-0.2, -0.15) is 0 Å². The Balaban J connectivity index is 1.56. The minimum absolute atomic E-state index is 0.176.